The Morgan fingerprint density at radius 3 is 1.79 bits per heavy atom. The average Bonchev–Trinajstić information content (AvgIpc) is 3.94. The van der Waals surface area contributed by atoms with E-state index < -0.39 is 6.09 Å². The minimum Gasteiger partial charge on any atom is -0.453 e. The average molecular weight is 636 g/mol. The molecule has 0 bridgehead atoms. The molecule has 2 aromatic heterocycles. The van der Waals surface area contributed by atoms with Gasteiger partial charge in [-0.3, -0.25) is 9.59 Å². The van der Waals surface area contributed by atoms with E-state index in [1.165, 1.54) is 7.11 Å². The van der Waals surface area contributed by atoms with Gasteiger partial charge in [0.1, 0.15) is 11.6 Å². The van der Waals surface area contributed by atoms with Crippen molar-refractivity contribution in [3.8, 4) is 33.6 Å². The van der Waals surface area contributed by atoms with Crippen molar-refractivity contribution in [1.82, 2.24) is 35.1 Å². The standard InChI is InChI=1S/C36H41N7O4/c1-22(44)42-17-3-5-31(42)33-37-20-29(40-33)25-11-7-23(8-12-25)24-9-13-26(14-10-24)30-21-38-34(41-30)32-6-4-18-43(32)35(45)27-15-16-28(19-27)39-36(46)47-2/h7-14,20-21,27-28,31-32H,3-6,15-19H2,1-2H3,(H,37,40)(H,38,41)(H,39,46)/t27?,28-,31-,32-/m0/s1. The second-order valence-electron chi connectivity index (χ2n) is 12.9. The summed E-state index contributed by atoms with van der Waals surface area (Å²) < 4.78 is 4.72. The molecule has 2 aromatic carbocycles. The maximum absolute atomic E-state index is 13.5. The van der Waals surface area contributed by atoms with Gasteiger partial charge in [0.15, 0.2) is 0 Å². The number of hydrogen-bond acceptors (Lipinski definition) is 6. The molecule has 4 heterocycles. The Morgan fingerprint density at radius 2 is 1.26 bits per heavy atom. The zero-order chi connectivity index (χ0) is 32.5. The first-order valence-corrected chi connectivity index (χ1v) is 16.6. The van der Waals surface area contributed by atoms with Gasteiger partial charge in [0.25, 0.3) is 0 Å². The highest BCUT2D eigenvalue weighted by Gasteiger charge is 2.39. The fourth-order valence-corrected chi connectivity index (χ4v) is 7.53. The van der Waals surface area contributed by atoms with Crippen molar-refractivity contribution < 1.29 is 19.1 Å². The molecule has 11 heteroatoms. The lowest BCUT2D eigenvalue weighted by molar-refractivity contribution is -0.136. The van der Waals surface area contributed by atoms with Crippen LogP contribution in [-0.2, 0) is 14.3 Å². The van der Waals surface area contributed by atoms with E-state index in [0.717, 1.165) is 96.9 Å². The van der Waals surface area contributed by atoms with Gasteiger partial charge in [0.2, 0.25) is 11.8 Å². The van der Waals surface area contributed by atoms with Crippen LogP contribution in [0.15, 0.2) is 60.9 Å². The van der Waals surface area contributed by atoms with E-state index in [0.29, 0.717) is 6.42 Å². The van der Waals surface area contributed by atoms with E-state index in [9.17, 15) is 14.4 Å². The van der Waals surface area contributed by atoms with Gasteiger partial charge in [0.05, 0.1) is 43.0 Å². The number of aromatic amines is 2. The van der Waals surface area contributed by atoms with E-state index in [-0.39, 0.29) is 35.9 Å². The lowest BCUT2D eigenvalue weighted by Gasteiger charge is -2.26. The third-order valence-electron chi connectivity index (χ3n) is 10.0. The molecule has 2 saturated heterocycles. The first-order chi connectivity index (χ1) is 22.9. The number of benzene rings is 2. The molecule has 0 radical (unpaired) electrons. The predicted molar refractivity (Wildman–Crippen MR) is 177 cm³/mol. The van der Waals surface area contributed by atoms with Crippen LogP contribution in [0.1, 0.15) is 75.6 Å². The summed E-state index contributed by atoms with van der Waals surface area (Å²) in [4.78, 5) is 57.2. The molecule has 1 aliphatic carbocycles. The number of nitrogens with zero attached hydrogens (tertiary/aromatic N) is 4. The summed E-state index contributed by atoms with van der Waals surface area (Å²) in [5, 5.41) is 2.84. The summed E-state index contributed by atoms with van der Waals surface area (Å²) in [5.41, 5.74) is 6.16. The number of carbonyl (C=O) groups excluding carboxylic acids is 3. The van der Waals surface area contributed by atoms with Crippen LogP contribution in [0, 0.1) is 5.92 Å². The molecular formula is C36H41N7O4. The van der Waals surface area contributed by atoms with Crippen LogP contribution in [0.25, 0.3) is 33.6 Å². The van der Waals surface area contributed by atoms with Gasteiger partial charge in [-0.05, 0) is 67.2 Å². The quantitative estimate of drug-likeness (QED) is 0.228. The Balaban J connectivity index is 0.990. The van der Waals surface area contributed by atoms with Gasteiger partial charge in [-0.25, -0.2) is 14.8 Å². The number of hydrogen-bond donors (Lipinski definition) is 3. The number of nitrogens with one attached hydrogen (secondary N) is 3. The third kappa shape index (κ3) is 6.26. The van der Waals surface area contributed by atoms with Crippen LogP contribution < -0.4 is 5.32 Å². The van der Waals surface area contributed by atoms with Crippen molar-refractivity contribution >= 4 is 17.9 Å². The Bertz CT molecular complexity index is 1750. The monoisotopic (exact) mass is 635 g/mol. The summed E-state index contributed by atoms with van der Waals surface area (Å²) in [6.07, 6.45) is 9.19. The lowest BCUT2D eigenvalue weighted by Crippen LogP contribution is -2.37. The maximum atomic E-state index is 13.5. The molecule has 1 unspecified atom stereocenters. The Labute approximate surface area is 274 Å². The second-order valence-corrected chi connectivity index (χ2v) is 12.9. The first kappa shape index (κ1) is 30.7. The summed E-state index contributed by atoms with van der Waals surface area (Å²) >= 11 is 0. The van der Waals surface area contributed by atoms with Crippen molar-refractivity contribution in [3.63, 3.8) is 0 Å². The van der Waals surface area contributed by atoms with Crippen LogP contribution in [0.5, 0.6) is 0 Å². The Kier molecular flexibility index (Phi) is 8.53. The van der Waals surface area contributed by atoms with Gasteiger partial charge in [-0.15, -0.1) is 0 Å². The number of carbonyl (C=O) groups is 3. The van der Waals surface area contributed by atoms with Crippen molar-refractivity contribution in [1.29, 1.82) is 0 Å². The topological polar surface area (TPSA) is 136 Å². The number of imidazole rings is 2. The van der Waals surface area contributed by atoms with E-state index in [2.05, 4.69) is 68.8 Å². The zero-order valence-electron chi connectivity index (χ0n) is 26.9. The largest absolute Gasteiger partial charge is 0.453 e. The molecule has 3 amide bonds. The van der Waals surface area contributed by atoms with E-state index >= 15 is 0 Å². The number of rotatable bonds is 7. The fraction of sp³-hybridized carbons (Fsp3) is 0.417. The summed E-state index contributed by atoms with van der Waals surface area (Å²) in [6, 6.07) is 16.7. The lowest BCUT2D eigenvalue weighted by atomic mass is 10.0. The number of H-pyrrole nitrogens is 2. The van der Waals surface area contributed by atoms with Gasteiger partial charge in [0, 0.05) is 32.0 Å². The van der Waals surface area contributed by atoms with Gasteiger partial charge in [-0.2, -0.15) is 0 Å². The van der Waals surface area contributed by atoms with Crippen LogP contribution in [0.4, 0.5) is 4.79 Å². The fourth-order valence-electron chi connectivity index (χ4n) is 7.53. The highest BCUT2D eigenvalue weighted by atomic mass is 16.5. The summed E-state index contributed by atoms with van der Waals surface area (Å²) in [7, 11) is 1.35. The minimum absolute atomic E-state index is 0.0211. The number of ether oxygens (including phenoxy) is 1. The van der Waals surface area contributed by atoms with Gasteiger partial charge in [-0.1, -0.05) is 48.5 Å². The van der Waals surface area contributed by atoms with Crippen molar-refractivity contribution in [2.45, 2.75) is 70.0 Å². The highest BCUT2D eigenvalue weighted by molar-refractivity contribution is 5.80. The smallest absolute Gasteiger partial charge is 0.407 e. The number of aromatic nitrogens is 4. The molecule has 11 nitrogen and oxygen atoms in total. The molecule has 4 aromatic rings. The molecule has 0 spiro atoms. The molecule has 1 saturated carbocycles. The number of alkyl carbamates (subject to hydrolysis) is 1. The maximum Gasteiger partial charge on any atom is 0.407 e. The molecule has 3 aliphatic rings. The second kappa shape index (κ2) is 13.1. The van der Waals surface area contributed by atoms with Crippen molar-refractivity contribution in [2.75, 3.05) is 20.2 Å². The molecule has 3 N–H and O–H groups in total. The molecule has 47 heavy (non-hydrogen) atoms. The minimum atomic E-state index is -0.445. The summed E-state index contributed by atoms with van der Waals surface area (Å²) in [5.74, 6) is 1.81. The zero-order valence-corrected chi connectivity index (χ0v) is 26.9. The molecule has 3 fully saturated rings. The van der Waals surface area contributed by atoms with Crippen LogP contribution in [-0.4, -0.2) is 73.9 Å². The molecule has 244 valence electrons. The van der Waals surface area contributed by atoms with Crippen molar-refractivity contribution in [2.24, 2.45) is 5.92 Å². The summed E-state index contributed by atoms with van der Waals surface area (Å²) in [6.45, 7) is 3.13. The number of methoxy groups -OCH3 is 1. The normalized spacial score (nSPS) is 22.5. The predicted octanol–water partition coefficient (Wildman–Crippen LogP) is 6.01. The van der Waals surface area contributed by atoms with Gasteiger partial charge >= 0.3 is 6.09 Å². The van der Waals surface area contributed by atoms with E-state index in [1.54, 1.807) is 6.92 Å². The highest BCUT2D eigenvalue weighted by Crippen LogP contribution is 2.37. The van der Waals surface area contributed by atoms with Gasteiger partial charge < -0.3 is 29.8 Å². The Hall–Kier alpha value is -4.93. The third-order valence-corrected chi connectivity index (χ3v) is 10.0. The van der Waals surface area contributed by atoms with E-state index in [1.807, 2.05) is 22.2 Å². The number of likely N-dealkylation sites (tertiary alicyclic amines) is 2. The molecular weight excluding hydrogens is 594 g/mol. The molecule has 4 atom stereocenters. The Morgan fingerprint density at radius 1 is 0.745 bits per heavy atom. The molecule has 2 aliphatic heterocycles. The first-order valence-electron chi connectivity index (χ1n) is 16.6. The number of amides is 3. The van der Waals surface area contributed by atoms with Crippen molar-refractivity contribution in [3.05, 3.63) is 72.6 Å². The SMILES string of the molecule is COC(=O)N[C@H]1CCC(C(=O)N2CCC[C@H]2c2ncc(-c3ccc(-c4ccc(-c5cnc([C@@H]6CCCN6C(C)=O)[nH]5)cc4)cc3)[nH]2)C1. The van der Waals surface area contributed by atoms with Crippen LogP contribution >= 0.6 is 0 Å². The van der Waals surface area contributed by atoms with E-state index in [4.69, 9.17) is 9.72 Å². The molecule has 7 rings (SSSR count). The van der Waals surface area contributed by atoms with Crippen LogP contribution in [0.2, 0.25) is 0 Å². The van der Waals surface area contributed by atoms with Crippen LogP contribution in [0.3, 0.4) is 0 Å².